The second-order valence-corrected chi connectivity index (χ2v) is 4.39. The zero-order valence-corrected chi connectivity index (χ0v) is 10.6. The van der Waals surface area contributed by atoms with Gasteiger partial charge >= 0.3 is 0 Å². The molecule has 0 aliphatic carbocycles. The van der Waals surface area contributed by atoms with Crippen molar-refractivity contribution in [3.05, 3.63) is 29.8 Å². The number of nitrogen functional groups attached to an aromatic ring is 1. The average Bonchev–Trinajstić information content (AvgIpc) is 2.29. The van der Waals surface area contributed by atoms with Gasteiger partial charge in [-0.15, -0.1) is 0 Å². The number of rotatable bonds is 6. The largest absolute Gasteiger partial charge is 0.399 e. The molecule has 0 radical (unpaired) electrons. The maximum Gasteiger partial charge on any atom is 0.251 e. The average molecular weight is 235 g/mol. The molecule has 1 rings (SSSR count). The van der Waals surface area contributed by atoms with E-state index in [0.717, 1.165) is 25.9 Å². The Morgan fingerprint density at radius 1 is 1.24 bits per heavy atom. The van der Waals surface area contributed by atoms with Crippen molar-refractivity contribution in [1.82, 2.24) is 10.2 Å². The van der Waals surface area contributed by atoms with E-state index in [0.29, 0.717) is 11.3 Å². The van der Waals surface area contributed by atoms with E-state index in [9.17, 15) is 4.79 Å². The predicted octanol–water partition coefficient (Wildman–Crippen LogP) is 1.34. The van der Waals surface area contributed by atoms with Gasteiger partial charge in [-0.2, -0.15) is 0 Å². The second-order valence-electron chi connectivity index (χ2n) is 4.39. The molecule has 1 amide bonds. The lowest BCUT2D eigenvalue weighted by atomic mass is 10.2. The smallest absolute Gasteiger partial charge is 0.251 e. The molecule has 0 aliphatic heterocycles. The molecule has 0 unspecified atom stereocenters. The summed E-state index contributed by atoms with van der Waals surface area (Å²) < 4.78 is 0. The summed E-state index contributed by atoms with van der Waals surface area (Å²) in [5.41, 5.74) is 6.89. The number of amides is 1. The number of nitrogens with two attached hydrogens (primary N) is 1. The fourth-order valence-corrected chi connectivity index (χ4v) is 1.49. The van der Waals surface area contributed by atoms with Crippen molar-refractivity contribution in [2.75, 3.05) is 32.9 Å². The third kappa shape index (κ3) is 5.36. The summed E-state index contributed by atoms with van der Waals surface area (Å²) in [4.78, 5) is 13.8. The highest BCUT2D eigenvalue weighted by Crippen LogP contribution is 2.05. The first-order chi connectivity index (χ1) is 8.09. The molecule has 0 atom stereocenters. The number of carbonyl (C=O) groups excluding carboxylic acids is 1. The number of hydrogen-bond acceptors (Lipinski definition) is 3. The maximum atomic E-state index is 11.7. The van der Waals surface area contributed by atoms with Gasteiger partial charge in [-0.05, 0) is 57.7 Å². The lowest BCUT2D eigenvalue weighted by Gasteiger charge is -2.09. The summed E-state index contributed by atoms with van der Waals surface area (Å²) in [5.74, 6) is -0.0325. The maximum absolute atomic E-state index is 11.7. The van der Waals surface area contributed by atoms with Gasteiger partial charge in [0.05, 0.1) is 0 Å². The van der Waals surface area contributed by atoms with E-state index in [4.69, 9.17) is 5.73 Å². The Labute approximate surface area is 103 Å². The Hall–Kier alpha value is -1.55. The van der Waals surface area contributed by atoms with E-state index in [1.54, 1.807) is 24.3 Å². The third-order valence-electron chi connectivity index (χ3n) is 2.49. The van der Waals surface area contributed by atoms with Crippen LogP contribution in [-0.4, -0.2) is 38.0 Å². The first-order valence-electron chi connectivity index (χ1n) is 5.88. The van der Waals surface area contributed by atoms with Crippen molar-refractivity contribution in [2.45, 2.75) is 12.8 Å². The monoisotopic (exact) mass is 235 g/mol. The molecule has 94 valence electrons. The first kappa shape index (κ1) is 13.5. The summed E-state index contributed by atoms with van der Waals surface area (Å²) in [6, 6.07) is 6.96. The summed E-state index contributed by atoms with van der Waals surface area (Å²) in [7, 11) is 4.10. The molecule has 0 saturated carbocycles. The van der Waals surface area contributed by atoms with Crippen LogP contribution < -0.4 is 11.1 Å². The Bertz CT molecular complexity index is 346. The first-order valence-corrected chi connectivity index (χ1v) is 5.88. The van der Waals surface area contributed by atoms with Crippen LogP contribution in [0.3, 0.4) is 0 Å². The lowest BCUT2D eigenvalue weighted by Crippen LogP contribution is -2.25. The van der Waals surface area contributed by atoms with E-state index in [2.05, 4.69) is 10.2 Å². The number of carbonyl (C=O) groups is 1. The van der Waals surface area contributed by atoms with Crippen molar-refractivity contribution in [2.24, 2.45) is 0 Å². The molecule has 0 aromatic heterocycles. The minimum Gasteiger partial charge on any atom is -0.399 e. The van der Waals surface area contributed by atoms with Crippen LogP contribution >= 0.6 is 0 Å². The van der Waals surface area contributed by atoms with Crippen molar-refractivity contribution >= 4 is 11.6 Å². The molecular formula is C13H21N3O. The summed E-state index contributed by atoms with van der Waals surface area (Å²) >= 11 is 0. The molecule has 0 bridgehead atoms. The van der Waals surface area contributed by atoms with E-state index < -0.39 is 0 Å². The molecule has 3 N–H and O–H groups in total. The summed E-state index contributed by atoms with van der Waals surface area (Å²) in [5, 5.41) is 2.89. The highest BCUT2D eigenvalue weighted by Gasteiger charge is 2.03. The Morgan fingerprint density at radius 3 is 2.47 bits per heavy atom. The quantitative estimate of drug-likeness (QED) is 0.578. The van der Waals surface area contributed by atoms with Crippen molar-refractivity contribution in [3.63, 3.8) is 0 Å². The van der Waals surface area contributed by atoms with Gasteiger partial charge in [-0.1, -0.05) is 0 Å². The molecule has 17 heavy (non-hydrogen) atoms. The lowest BCUT2D eigenvalue weighted by molar-refractivity contribution is 0.0953. The Kier molecular flexibility index (Phi) is 5.49. The van der Waals surface area contributed by atoms with Crippen LogP contribution in [0, 0.1) is 0 Å². The molecule has 1 aromatic carbocycles. The number of nitrogens with one attached hydrogen (secondary N) is 1. The number of hydrogen-bond donors (Lipinski definition) is 2. The molecule has 0 fully saturated rings. The third-order valence-corrected chi connectivity index (χ3v) is 2.49. The zero-order valence-electron chi connectivity index (χ0n) is 10.6. The molecule has 0 aliphatic rings. The second kappa shape index (κ2) is 6.91. The number of unbranched alkanes of at least 4 members (excludes halogenated alkanes) is 1. The van der Waals surface area contributed by atoms with Gasteiger partial charge in [-0.25, -0.2) is 0 Å². The summed E-state index contributed by atoms with van der Waals surface area (Å²) in [6.07, 6.45) is 2.09. The number of benzene rings is 1. The van der Waals surface area contributed by atoms with Crippen LogP contribution in [0.15, 0.2) is 24.3 Å². The SMILES string of the molecule is CN(C)CCCCNC(=O)c1ccc(N)cc1. The van der Waals surface area contributed by atoms with Gasteiger partial charge in [0.2, 0.25) is 0 Å². The number of anilines is 1. The van der Waals surface area contributed by atoms with Crippen molar-refractivity contribution in [1.29, 1.82) is 0 Å². The Morgan fingerprint density at radius 2 is 1.88 bits per heavy atom. The van der Waals surface area contributed by atoms with Gasteiger partial charge in [0, 0.05) is 17.8 Å². The highest BCUT2D eigenvalue weighted by molar-refractivity contribution is 5.94. The van der Waals surface area contributed by atoms with Crippen LogP contribution in [0.5, 0.6) is 0 Å². The van der Waals surface area contributed by atoms with Crippen LogP contribution in [0.2, 0.25) is 0 Å². The van der Waals surface area contributed by atoms with E-state index in [1.807, 2.05) is 14.1 Å². The molecular weight excluding hydrogens is 214 g/mol. The number of nitrogens with zero attached hydrogens (tertiary/aromatic N) is 1. The van der Waals surface area contributed by atoms with E-state index >= 15 is 0 Å². The van der Waals surface area contributed by atoms with Crippen LogP contribution in [0.4, 0.5) is 5.69 Å². The molecule has 0 saturated heterocycles. The molecule has 4 nitrogen and oxygen atoms in total. The minimum atomic E-state index is -0.0325. The van der Waals surface area contributed by atoms with Gasteiger partial charge in [0.1, 0.15) is 0 Å². The molecule has 1 aromatic rings. The zero-order chi connectivity index (χ0) is 12.7. The minimum absolute atomic E-state index is 0.0325. The topological polar surface area (TPSA) is 58.4 Å². The highest BCUT2D eigenvalue weighted by atomic mass is 16.1. The van der Waals surface area contributed by atoms with Crippen molar-refractivity contribution in [3.8, 4) is 0 Å². The van der Waals surface area contributed by atoms with Gasteiger partial charge < -0.3 is 16.0 Å². The molecule has 0 heterocycles. The van der Waals surface area contributed by atoms with E-state index in [1.165, 1.54) is 0 Å². The Balaban J connectivity index is 2.23. The van der Waals surface area contributed by atoms with Crippen LogP contribution in [0.1, 0.15) is 23.2 Å². The van der Waals surface area contributed by atoms with Gasteiger partial charge in [0.25, 0.3) is 5.91 Å². The standard InChI is InChI=1S/C13H21N3O/c1-16(2)10-4-3-9-15-13(17)11-5-7-12(14)8-6-11/h5-8H,3-4,9-10,14H2,1-2H3,(H,15,17). The fourth-order valence-electron chi connectivity index (χ4n) is 1.49. The molecule has 0 spiro atoms. The van der Waals surface area contributed by atoms with Gasteiger partial charge in [-0.3, -0.25) is 4.79 Å². The normalized spacial score (nSPS) is 10.5. The van der Waals surface area contributed by atoms with Crippen LogP contribution in [-0.2, 0) is 0 Å². The predicted molar refractivity (Wildman–Crippen MR) is 71.0 cm³/mol. The van der Waals surface area contributed by atoms with Gasteiger partial charge in [0.15, 0.2) is 0 Å². The van der Waals surface area contributed by atoms with Crippen molar-refractivity contribution < 1.29 is 4.79 Å². The fraction of sp³-hybridized carbons (Fsp3) is 0.462. The van der Waals surface area contributed by atoms with Crippen LogP contribution in [0.25, 0.3) is 0 Å². The van der Waals surface area contributed by atoms with E-state index in [-0.39, 0.29) is 5.91 Å². The molecule has 4 heteroatoms. The summed E-state index contributed by atoms with van der Waals surface area (Å²) in [6.45, 7) is 1.77.